The fraction of sp³-hybridized carbons (Fsp3) is 0.136. The number of hydrogen-bond donors (Lipinski definition) is 0. The number of carbonyl (C=O) groups excluding carboxylic acids is 1. The summed E-state index contributed by atoms with van der Waals surface area (Å²) < 4.78 is 14.5. The molecule has 1 unspecified atom stereocenters. The van der Waals surface area contributed by atoms with Gasteiger partial charge in [0.25, 0.3) is 5.91 Å². The van der Waals surface area contributed by atoms with Crippen molar-refractivity contribution in [2.75, 3.05) is 13.3 Å². The van der Waals surface area contributed by atoms with Crippen LogP contribution < -0.4 is 10.6 Å². The molecular weight excluding hydrogens is 373 g/mol. The third-order valence-corrected chi connectivity index (χ3v) is 9.83. The molecule has 3 nitrogen and oxygen atoms in total. The predicted molar refractivity (Wildman–Crippen MR) is 116 cm³/mol. The van der Waals surface area contributed by atoms with Crippen LogP contribution in [0.4, 0.5) is 0 Å². The Morgan fingerprint density at radius 3 is 1.63 bits per heavy atom. The second kappa shape index (κ2) is 8.60. The quantitative estimate of drug-likeness (QED) is 0.458. The van der Waals surface area contributed by atoms with Crippen LogP contribution >= 0.6 is 18.9 Å². The Labute approximate surface area is 164 Å². The highest BCUT2D eigenvalue weighted by Crippen LogP contribution is 2.53. The van der Waals surface area contributed by atoms with Crippen molar-refractivity contribution < 1.29 is 9.36 Å². The van der Waals surface area contributed by atoms with Gasteiger partial charge in [-0.25, -0.2) is 0 Å². The molecule has 1 atom stereocenters. The SMILES string of the molecule is CSC(N(C)C(=O)c1ccccc1)P(=O)(c1ccccc1)c1ccccc1. The lowest BCUT2D eigenvalue weighted by molar-refractivity contribution is 0.0807. The Morgan fingerprint density at radius 1 is 0.815 bits per heavy atom. The van der Waals surface area contributed by atoms with Crippen LogP contribution in [0.3, 0.4) is 0 Å². The second-order valence-electron chi connectivity index (χ2n) is 6.17. The lowest BCUT2D eigenvalue weighted by Crippen LogP contribution is -2.39. The van der Waals surface area contributed by atoms with Crippen molar-refractivity contribution in [3.8, 4) is 0 Å². The zero-order chi connectivity index (χ0) is 19.3. The van der Waals surface area contributed by atoms with Crippen molar-refractivity contribution in [2.24, 2.45) is 0 Å². The normalized spacial score (nSPS) is 12.4. The highest BCUT2D eigenvalue weighted by molar-refractivity contribution is 8.08. The lowest BCUT2D eigenvalue weighted by Gasteiger charge is -2.34. The van der Waals surface area contributed by atoms with Gasteiger partial charge in [-0.05, 0) is 18.4 Å². The van der Waals surface area contributed by atoms with Gasteiger partial charge in [0.1, 0.15) is 5.11 Å². The van der Waals surface area contributed by atoms with E-state index in [0.29, 0.717) is 5.56 Å². The Hall–Kier alpha value is -2.29. The van der Waals surface area contributed by atoms with E-state index in [2.05, 4.69) is 0 Å². The van der Waals surface area contributed by atoms with Crippen molar-refractivity contribution in [2.45, 2.75) is 5.11 Å². The maximum absolute atomic E-state index is 14.5. The van der Waals surface area contributed by atoms with E-state index in [-0.39, 0.29) is 5.91 Å². The Kier molecular flexibility index (Phi) is 6.20. The molecule has 0 aliphatic heterocycles. The van der Waals surface area contributed by atoms with Gasteiger partial charge in [0.15, 0.2) is 7.14 Å². The second-order valence-corrected chi connectivity index (χ2v) is 10.3. The van der Waals surface area contributed by atoms with Gasteiger partial charge in [0.2, 0.25) is 0 Å². The van der Waals surface area contributed by atoms with E-state index < -0.39 is 12.3 Å². The molecule has 0 saturated carbocycles. The maximum atomic E-state index is 14.5. The first kappa shape index (κ1) is 19.5. The zero-order valence-corrected chi connectivity index (χ0v) is 17.1. The summed E-state index contributed by atoms with van der Waals surface area (Å²) in [4.78, 5) is 14.7. The van der Waals surface area contributed by atoms with Crippen LogP contribution in [0.25, 0.3) is 0 Å². The van der Waals surface area contributed by atoms with Gasteiger partial charge < -0.3 is 9.46 Å². The lowest BCUT2D eigenvalue weighted by atomic mass is 10.2. The van der Waals surface area contributed by atoms with E-state index in [9.17, 15) is 9.36 Å². The number of rotatable bonds is 6. The molecule has 0 aromatic heterocycles. The number of carbonyl (C=O) groups is 1. The predicted octanol–water partition coefficient (Wildman–Crippen LogP) is 4.42. The van der Waals surface area contributed by atoms with Gasteiger partial charge in [0.05, 0.1) is 0 Å². The molecule has 0 saturated heterocycles. The maximum Gasteiger partial charge on any atom is 0.254 e. The van der Waals surface area contributed by atoms with Crippen molar-refractivity contribution in [3.05, 3.63) is 96.6 Å². The molecule has 0 radical (unpaired) electrons. The highest BCUT2D eigenvalue weighted by atomic mass is 32.2. The molecule has 0 aliphatic rings. The summed E-state index contributed by atoms with van der Waals surface area (Å²) in [5.41, 5.74) is 0.590. The first-order valence-electron chi connectivity index (χ1n) is 8.65. The fourth-order valence-corrected chi connectivity index (χ4v) is 8.10. The van der Waals surface area contributed by atoms with Crippen LogP contribution in [0.5, 0.6) is 0 Å². The van der Waals surface area contributed by atoms with Crippen molar-refractivity contribution in [1.29, 1.82) is 0 Å². The van der Waals surface area contributed by atoms with Crippen molar-refractivity contribution >= 4 is 35.4 Å². The van der Waals surface area contributed by atoms with Gasteiger partial charge >= 0.3 is 0 Å². The average Bonchev–Trinajstić information content (AvgIpc) is 2.75. The van der Waals surface area contributed by atoms with Gasteiger partial charge in [-0.3, -0.25) is 4.79 Å². The number of thioether (sulfide) groups is 1. The van der Waals surface area contributed by atoms with Crippen LogP contribution in [0.1, 0.15) is 10.4 Å². The standard InChI is InChI=1S/C22H22NO2PS/c1-23(21(24)18-12-6-3-7-13-18)22(27-2)26(25,19-14-8-4-9-15-19)20-16-10-5-11-17-20/h3-17,22H,1-2H3. The summed E-state index contributed by atoms with van der Waals surface area (Å²) in [5.74, 6) is -0.137. The first-order valence-corrected chi connectivity index (χ1v) is 11.7. The highest BCUT2D eigenvalue weighted by Gasteiger charge is 2.40. The molecule has 3 rings (SSSR count). The third kappa shape index (κ3) is 3.87. The summed E-state index contributed by atoms with van der Waals surface area (Å²) >= 11 is 1.44. The summed E-state index contributed by atoms with van der Waals surface area (Å²) in [7, 11) is -1.37. The Balaban J connectivity index is 2.10. The van der Waals surface area contributed by atoms with Crippen LogP contribution in [0.15, 0.2) is 91.0 Å². The molecule has 0 fully saturated rings. The number of benzene rings is 3. The van der Waals surface area contributed by atoms with Crippen LogP contribution in [-0.2, 0) is 4.57 Å². The van der Waals surface area contributed by atoms with Crippen molar-refractivity contribution in [1.82, 2.24) is 4.90 Å². The molecule has 1 amide bonds. The summed E-state index contributed by atoms with van der Waals surface area (Å²) in [6.07, 6.45) is 1.90. The molecule has 0 aliphatic carbocycles. The Bertz CT molecular complexity index is 889. The minimum absolute atomic E-state index is 0.137. The molecule has 3 aromatic rings. The van der Waals surface area contributed by atoms with Gasteiger partial charge in [0, 0.05) is 23.2 Å². The molecular formula is C22H22NO2PS. The van der Waals surface area contributed by atoms with Gasteiger partial charge in [-0.1, -0.05) is 78.9 Å². The topological polar surface area (TPSA) is 37.4 Å². The van der Waals surface area contributed by atoms with Gasteiger partial charge in [-0.15, -0.1) is 11.8 Å². The molecule has 0 spiro atoms. The monoisotopic (exact) mass is 395 g/mol. The molecule has 0 N–H and O–H groups in total. The number of nitrogens with zero attached hydrogens (tertiary/aromatic N) is 1. The third-order valence-electron chi connectivity index (χ3n) is 4.47. The van der Waals surface area contributed by atoms with Gasteiger partial charge in [-0.2, -0.15) is 0 Å². The summed E-state index contributed by atoms with van der Waals surface area (Å²) in [5, 5.41) is 1.00. The van der Waals surface area contributed by atoms with Crippen molar-refractivity contribution in [3.63, 3.8) is 0 Å². The minimum Gasteiger partial charge on any atom is -0.322 e. The van der Waals surface area contributed by atoms with Crippen LogP contribution in [0, 0.1) is 0 Å². The average molecular weight is 395 g/mol. The number of hydrogen-bond acceptors (Lipinski definition) is 3. The van der Waals surface area contributed by atoms with Crippen LogP contribution in [-0.4, -0.2) is 29.2 Å². The minimum atomic E-state index is -3.10. The molecule has 0 bridgehead atoms. The summed E-state index contributed by atoms with van der Waals surface area (Å²) in [6, 6.07) is 28.0. The van der Waals surface area contributed by atoms with E-state index in [4.69, 9.17) is 0 Å². The van der Waals surface area contributed by atoms with E-state index in [1.165, 1.54) is 11.8 Å². The molecule has 138 valence electrons. The zero-order valence-electron chi connectivity index (χ0n) is 15.4. The largest absolute Gasteiger partial charge is 0.322 e. The Morgan fingerprint density at radius 2 is 1.22 bits per heavy atom. The van der Waals surface area contributed by atoms with E-state index in [1.807, 2.05) is 85.1 Å². The molecule has 5 heteroatoms. The first-order chi connectivity index (χ1) is 13.1. The summed E-state index contributed by atoms with van der Waals surface area (Å²) in [6.45, 7) is 0. The number of amides is 1. The smallest absolute Gasteiger partial charge is 0.254 e. The molecule has 0 heterocycles. The van der Waals surface area contributed by atoms with Crippen LogP contribution in [0.2, 0.25) is 0 Å². The molecule has 27 heavy (non-hydrogen) atoms. The molecule has 3 aromatic carbocycles. The van der Waals surface area contributed by atoms with E-state index in [0.717, 1.165) is 10.6 Å². The van der Waals surface area contributed by atoms with E-state index >= 15 is 0 Å². The van der Waals surface area contributed by atoms with E-state index in [1.54, 1.807) is 24.1 Å². The fourth-order valence-electron chi connectivity index (χ4n) is 3.14.